The van der Waals surface area contributed by atoms with E-state index in [1.165, 1.54) is 0 Å². The summed E-state index contributed by atoms with van der Waals surface area (Å²) >= 11 is 6.22. The Morgan fingerprint density at radius 2 is 1.79 bits per heavy atom. The number of Topliss-reactive ketones (excluding diaryl/α,β-unsaturated/α-hetero) is 1. The molecule has 1 aliphatic heterocycles. The topological polar surface area (TPSA) is 66.5 Å². The van der Waals surface area contributed by atoms with Gasteiger partial charge in [0, 0.05) is 16.1 Å². The quantitative estimate of drug-likeness (QED) is 0.575. The van der Waals surface area contributed by atoms with Gasteiger partial charge in [-0.2, -0.15) is 0 Å². The third-order valence-electron chi connectivity index (χ3n) is 5.40. The smallest absolute Gasteiger partial charge is 0.319 e. The van der Waals surface area contributed by atoms with Gasteiger partial charge in [-0.1, -0.05) is 67.9 Å². The van der Waals surface area contributed by atoms with Crippen LogP contribution in [0.3, 0.4) is 0 Å². The first-order valence-corrected chi connectivity index (χ1v) is 9.68. The Kier molecular flexibility index (Phi) is 5.57. The fraction of sp³-hybridized carbons (Fsp3) is 0.318. The Balaban J connectivity index is 1.79. The van der Waals surface area contributed by atoms with Crippen LogP contribution < -0.4 is 5.32 Å². The Bertz CT molecular complexity index is 926. The van der Waals surface area contributed by atoms with Gasteiger partial charge in [-0.05, 0) is 30.9 Å². The van der Waals surface area contributed by atoms with Crippen LogP contribution in [0.4, 0.5) is 4.79 Å². The average Bonchev–Trinajstić information content (AvgIpc) is 2.91. The van der Waals surface area contributed by atoms with Crippen molar-refractivity contribution < 1.29 is 14.4 Å². The fourth-order valence-electron chi connectivity index (χ4n) is 3.36. The fourth-order valence-corrected chi connectivity index (χ4v) is 3.68. The van der Waals surface area contributed by atoms with E-state index < -0.39 is 17.5 Å². The molecule has 1 fully saturated rings. The van der Waals surface area contributed by atoms with E-state index in [4.69, 9.17) is 11.6 Å². The van der Waals surface area contributed by atoms with Gasteiger partial charge in [0.05, 0.1) is 6.54 Å². The summed E-state index contributed by atoms with van der Waals surface area (Å²) in [6.07, 6.45) is 1.01. The SMILES string of the molecule is CCC(C)c1ccc(C(=O)CN2C(=O)NC(C)(c3ccccc3Cl)C2=O)cc1. The Morgan fingerprint density at radius 3 is 2.39 bits per heavy atom. The molecule has 5 nitrogen and oxygen atoms in total. The molecule has 0 aromatic heterocycles. The number of urea groups is 1. The van der Waals surface area contributed by atoms with Gasteiger partial charge in [0.15, 0.2) is 5.78 Å². The van der Waals surface area contributed by atoms with Crippen LogP contribution in [0.15, 0.2) is 48.5 Å². The molecule has 2 aromatic rings. The second kappa shape index (κ2) is 7.76. The molecule has 3 rings (SSSR count). The second-order valence-corrected chi connectivity index (χ2v) is 7.69. The zero-order chi connectivity index (χ0) is 20.5. The van der Waals surface area contributed by atoms with E-state index in [0.717, 1.165) is 16.9 Å². The van der Waals surface area contributed by atoms with Gasteiger partial charge < -0.3 is 5.32 Å². The van der Waals surface area contributed by atoms with Crippen LogP contribution in [0.1, 0.15) is 54.6 Å². The number of nitrogens with one attached hydrogen (secondary N) is 1. The summed E-state index contributed by atoms with van der Waals surface area (Å²) in [4.78, 5) is 39.0. The molecule has 2 atom stereocenters. The molecule has 6 heteroatoms. The van der Waals surface area contributed by atoms with Crippen LogP contribution in [0, 0.1) is 0 Å². The maximum absolute atomic E-state index is 13.0. The predicted octanol–water partition coefficient (Wildman–Crippen LogP) is 4.50. The van der Waals surface area contributed by atoms with Gasteiger partial charge in [0.25, 0.3) is 5.91 Å². The molecular formula is C22H23ClN2O3. The lowest BCUT2D eigenvalue weighted by Gasteiger charge is -2.23. The maximum atomic E-state index is 13.0. The minimum Gasteiger partial charge on any atom is -0.319 e. The third kappa shape index (κ3) is 3.54. The van der Waals surface area contributed by atoms with Crippen molar-refractivity contribution in [2.24, 2.45) is 0 Å². The van der Waals surface area contributed by atoms with Crippen LogP contribution in [0.5, 0.6) is 0 Å². The monoisotopic (exact) mass is 398 g/mol. The number of halogens is 1. The molecule has 2 unspecified atom stereocenters. The first-order valence-electron chi connectivity index (χ1n) is 9.30. The number of hydrogen-bond acceptors (Lipinski definition) is 3. The van der Waals surface area contributed by atoms with Crippen molar-refractivity contribution in [3.63, 3.8) is 0 Å². The van der Waals surface area contributed by atoms with Gasteiger partial charge in [-0.25, -0.2) is 4.79 Å². The molecule has 0 spiro atoms. The summed E-state index contributed by atoms with van der Waals surface area (Å²) in [6.45, 7) is 5.52. The van der Waals surface area contributed by atoms with Crippen molar-refractivity contribution in [2.75, 3.05) is 6.54 Å². The molecule has 1 aliphatic rings. The van der Waals surface area contributed by atoms with Crippen molar-refractivity contribution >= 4 is 29.3 Å². The van der Waals surface area contributed by atoms with E-state index in [9.17, 15) is 14.4 Å². The molecule has 0 bridgehead atoms. The van der Waals surface area contributed by atoms with Crippen molar-refractivity contribution in [3.05, 3.63) is 70.2 Å². The van der Waals surface area contributed by atoms with Crippen molar-refractivity contribution in [1.29, 1.82) is 0 Å². The number of hydrogen-bond donors (Lipinski definition) is 1. The minimum absolute atomic E-state index is 0.289. The number of nitrogens with zero attached hydrogens (tertiary/aromatic N) is 1. The molecule has 28 heavy (non-hydrogen) atoms. The number of ketones is 1. The summed E-state index contributed by atoms with van der Waals surface area (Å²) in [5.41, 5.74) is 0.832. The molecular weight excluding hydrogens is 376 g/mol. The molecule has 1 saturated heterocycles. The van der Waals surface area contributed by atoms with E-state index in [0.29, 0.717) is 22.1 Å². The number of imide groups is 1. The summed E-state index contributed by atoms with van der Waals surface area (Å²) < 4.78 is 0. The maximum Gasteiger partial charge on any atom is 0.325 e. The largest absolute Gasteiger partial charge is 0.325 e. The lowest BCUT2D eigenvalue weighted by Crippen LogP contribution is -2.41. The molecule has 0 saturated carbocycles. The van der Waals surface area contributed by atoms with E-state index in [2.05, 4.69) is 19.2 Å². The summed E-state index contributed by atoms with van der Waals surface area (Å²) in [5.74, 6) is -0.371. The van der Waals surface area contributed by atoms with Crippen LogP contribution in [-0.4, -0.2) is 29.2 Å². The number of rotatable bonds is 6. The lowest BCUT2D eigenvalue weighted by atomic mass is 9.92. The Labute approximate surface area is 169 Å². The molecule has 2 aromatic carbocycles. The van der Waals surface area contributed by atoms with E-state index in [-0.39, 0.29) is 12.3 Å². The average molecular weight is 399 g/mol. The number of amides is 3. The van der Waals surface area contributed by atoms with Crippen LogP contribution in [-0.2, 0) is 10.3 Å². The zero-order valence-electron chi connectivity index (χ0n) is 16.2. The van der Waals surface area contributed by atoms with Crippen LogP contribution in [0.25, 0.3) is 0 Å². The zero-order valence-corrected chi connectivity index (χ0v) is 16.9. The van der Waals surface area contributed by atoms with E-state index >= 15 is 0 Å². The number of carbonyl (C=O) groups is 3. The summed E-state index contributed by atoms with van der Waals surface area (Å²) in [6, 6.07) is 13.6. The van der Waals surface area contributed by atoms with Gasteiger partial charge in [0.2, 0.25) is 0 Å². The molecule has 146 valence electrons. The molecule has 3 amide bonds. The van der Waals surface area contributed by atoms with Crippen molar-refractivity contribution in [3.8, 4) is 0 Å². The third-order valence-corrected chi connectivity index (χ3v) is 5.73. The predicted molar refractivity (Wildman–Crippen MR) is 109 cm³/mol. The molecule has 0 aliphatic carbocycles. The first-order chi connectivity index (χ1) is 13.3. The van der Waals surface area contributed by atoms with Gasteiger partial charge >= 0.3 is 6.03 Å². The first kappa shape index (κ1) is 20.1. The van der Waals surface area contributed by atoms with Gasteiger partial charge in [-0.15, -0.1) is 0 Å². The second-order valence-electron chi connectivity index (χ2n) is 7.28. The van der Waals surface area contributed by atoms with Gasteiger partial charge in [0.1, 0.15) is 5.54 Å². The summed E-state index contributed by atoms with van der Waals surface area (Å²) in [7, 11) is 0. The van der Waals surface area contributed by atoms with Gasteiger partial charge in [-0.3, -0.25) is 14.5 Å². The molecule has 1 N–H and O–H groups in total. The summed E-state index contributed by atoms with van der Waals surface area (Å²) in [5, 5.41) is 3.06. The standard InChI is InChI=1S/C22H23ClN2O3/c1-4-14(2)15-9-11-16(12-10-15)19(26)13-25-20(27)22(3,24-21(25)28)17-7-5-6-8-18(17)23/h5-12,14H,4,13H2,1-3H3,(H,24,28). The molecule has 1 heterocycles. The minimum atomic E-state index is -1.30. The van der Waals surface area contributed by atoms with E-state index in [1.54, 1.807) is 43.3 Å². The Morgan fingerprint density at radius 1 is 1.14 bits per heavy atom. The van der Waals surface area contributed by atoms with E-state index in [1.807, 2.05) is 12.1 Å². The van der Waals surface area contributed by atoms with Crippen molar-refractivity contribution in [1.82, 2.24) is 10.2 Å². The highest BCUT2D eigenvalue weighted by atomic mass is 35.5. The van der Waals surface area contributed by atoms with Crippen molar-refractivity contribution in [2.45, 2.75) is 38.6 Å². The van der Waals surface area contributed by atoms with Crippen LogP contribution >= 0.6 is 11.6 Å². The Hall–Kier alpha value is -2.66. The lowest BCUT2D eigenvalue weighted by molar-refractivity contribution is -0.130. The highest BCUT2D eigenvalue weighted by Gasteiger charge is 2.50. The highest BCUT2D eigenvalue weighted by molar-refractivity contribution is 6.32. The van der Waals surface area contributed by atoms with Crippen LogP contribution in [0.2, 0.25) is 5.02 Å². The normalized spacial score (nSPS) is 20.2. The number of carbonyl (C=O) groups excluding carboxylic acids is 3. The number of benzene rings is 2. The molecule has 0 radical (unpaired) electrons. The highest BCUT2D eigenvalue weighted by Crippen LogP contribution is 2.33.